The van der Waals surface area contributed by atoms with E-state index in [1.807, 2.05) is 0 Å². The highest BCUT2D eigenvalue weighted by atomic mass is 32.2. The Labute approximate surface area is 121 Å². The number of nitrogens with zero attached hydrogens (tertiary/aromatic N) is 2. The number of rotatable bonds is 4. The summed E-state index contributed by atoms with van der Waals surface area (Å²) in [6, 6.07) is -0.203. The van der Waals surface area contributed by atoms with Gasteiger partial charge in [-0.15, -0.1) is 0 Å². The molecular formula is C13H25N3O3S. The molecule has 0 saturated carbocycles. The standard InChI is InChI=1S/C13H25N3O3S/c17-10-12-3-1-2-6-16(12)20(18,19)14-13-9-15-7-4-11(13)5-8-15/h11-14,17H,1-10H2. The van der Waals surface area contributed by atoms with Gasteiger partial charge < -0.3 is 10.0 Å². The van der Waals surface area contributed by atoms with E-state index in [9.17, 15) is 13.5 Å². The van der Waals surface area contributed by atoms with E-state index in [-0.39, 0.29) is 18.7 Å². The van der Waals surface area contributed by atoms with Crippen LogP contribution in [0, 0.1) is 5.92 Å². The normalized spacial score (nSPS) is 39.0. The van der Waals surface area contributed by atoms with Crippen LogP contribution >= 0.6 is 0 Å². The third-order valence-corrected chi connectivity index (χ3v) is 6.75. The molecule has 2 bridgehead atoms. The largest absolute Gasteiger partial charge is 0.395 e. The van der Waals surface area contributed by atoms with E-state index >= 15 is 0 Å². The third-order valence-electron chi connectivity index (χ3n) is 5.05. The Balaban J connectivity index is 1.68. The first-order valence-electron chi connectivity index (χ1n) is 7.72. The van der Waals surface area contributed by atoms with Crippen molar-refractivity contribution in [3.05, 3.63) is 0 Å². The van der Waals surface area contributed by atoms with Gasteiger partial charge in [0, 0.05) is 25.2 Å². The molecule has 4 aliphatic rings. The molecule has 4 fully saturated rings. The molecule has 2 unspecified atom stereocenters. The molecule has 0 aromatic heterocycles. The van der Waals surface area contributed by atoms with E-state index < -0.39 is 10.2 Å². The fourth-order valence-corrected chi connectivity index (χ4v) is 5.55. The first-order chi connectivity index (χ1) is 9.60. The van der Waals surface area contributed by atoms with Crippen LogP contribution in [0.3, 0.4) is 0 Å². The van der Waals surface area contributed by atoms with Gasteiger partial charge in [0.1, 0.15) is 0 Å². The molecule has 7 heteroatoms. The molecule has 0 aliphatic carbocycles. The minimum absolute atomic E-state index is 0.0452. The number of aliphatic hydroxyl groups is 1. The number of hydrogen-bond acceptors (Lipinski definition) is 4. The number of fused-ring (bicyclic) bond motifs is 3. The van der Waals surface area contributed by atoms with Crippen LogP contribution in [0.2, 0.25) is 0 Å². The monoisotopic (exact) mass is 303 g/mol. The zero-order chi connectivity index (χ0) is 14.2. The van der Waals surface area contributed by atoms with Crippen LogP contribution < -0.4 is 4.72 Å². The Kier molecular flexibility index (Phi) is 4.33. The van der Waals surface area contributed by atoms with E-state index in [4.69, 9.17) is 0 Å². The van der Waals surface area contributed by atoms with Crippen LogP contribution in [0.5, 0.6) is 0 Å². The summed E-state index contributed by atoms with van der Waals surface area (Å²) in [5.41, 5.74) is 0. The lowest BCUT2D eigenvalue weighted by Gasteiger charge is -2.45. The predicted octanol–water partition coefficient (Wildman–Crippen LogP) is -0.238. The molecule has 2 N–H and O–H groups in total. The Morgan fingerprint density at radius 2 is 1.85 bits per heavy atom. The van der Waals surface area contributed by atoms with Crippen molar-refractivity contribution in [3.63, 3.8) is 0 Å². The average Bonchev–Trinajstić information content (AvgIpc) is 2.48. The molecule has 0 amide bonds. The van der Waals surface area contributed by atoms with Crippen molar-refractivity contribution in [3.8, 4) is 0 Å². The lowest BCUT2D eigenvalue weighted by molar-refractivity contribution is 0.0803. The van der Waals surface area contributed by atoms with Crippen molar-refractivity contribution in [1.29, 1.82) is 0 Å². The van der Waals surface area contributed by atoms with Gasteiger partial charge in [-0.2, -0.15) is 17.4 Å². The van der Waals surface area contributed by atoms with Crippen molar-refractivity contribution in [1.82, 2.24) is 13.9 Å². The Bertz CT molecular complexity index is 434. The molecule has 20 heavy (non-hydrogen) atoms. The molecule has 116 valence electrons. The Morgan fingerprint density at radius 3 is 2.45 bits per heavy atom. The Hall–Kier alpha value is -0.210. The van der Waals surface area contributed by atoms with Gasteiger partial charge in [0.2, 0.25) is 0 Å². The zero-order valence-corrected chi connectivity index (χ0v) is 12.7. The smallest absolute Gasteiger partial charge is 0.280 e. The summed E-state index contributed by atoms with van der Waals surface area (Å²) in [7, 11) is -3.47. The van der Waals surface area contributed by atoms with Crippen molar-refractivity contribution < 1.29 is 13.5 Å². The summed E-state index contributed by atoms with van der Waals surface area (Å²) in [5.74, 6) is 0.479. The van der Waals surface area contributed by atoms with Crippen molar-refractivity contribution in [2.75, 3.05) is 32.8 Å². The second-order valence-corrected chi connectivity index (χ2v) is 7.97. The molecule has 2 atom stereocenters. The van der Waals surface area contributed by atoms with Gasteiger partial charge >= 0.3 is 0 Å². The van der Waals surface area contributed by atoms with E-state index in [1.165, 1.54) is 4.31 Å². The summed E-state index contributed by atoms with van der Waals surface area (Å²) < 4.78 is 29.6. The van der Waals surface area contributed by atoms with Crippen LogP contribution in [-0.2, 0) is 10.2 Å². The van der Waals surface area contributed by atoms with Crippen molar-refractivity contribution in [2.45, 2.75) is 44.2 Å². The minimum atomic E-state index is -3.47. The lowest BCUT2D eigenvalue weighted by atomic mass is 9.85. The molecule has 4 heterocycles. The van der Waals surface area contributed by atoms with Gasteiger partial charge in [-0.05, 0) is 44.7 Å². The lowest BCUT2D eigenvalue weighted by Crippen LogP contribution is -2.60. The maximum absolute atomic E-state index is 12.6. The van der Waals surface area contributed by atoms with Crippen LogP contribution in [0.1, 0.15) is 32.1 Å². The number of piperidine rings is 4. The number of hydrogen-bond donors (Lipinski definition) is 2. The molecular weight excluding hydrogens is 278 g/mol. The first kappa shape index (κ1) is 14.7. The maximum Gasteiger partial charge on any atom is 0.280 e. The highest BCUT2D eigenvalue weighted by molar-refractivity contribution is 7.87. The van der Waals surface area contributed by atoms with Crippen LogP contribution in [0.15, 0.2) is 0 Å². The van der Waals surface area contributed by atoms with Gasteiger partial charge in [-0.1, -0.05) is 6.42 Å². The van der Waals surface area contributed by atoms with E-state index in [0.29, 0.717) is 12.5 Å². The number of nitrogens with one attached hydrogen (secondary N) is 1. The second kappa shape index (κ2) is 5.88. The fraction of sp³-hybridized carbons (Fsp3) is 1.00. The zero-order valence-electron chi connectivity index (χ0n) is 11.9. The number of aliphatic hydroxyl groups excluding tert-OH is 1. The van der Waals surface area contributed by atoms with Gasteiger partial charge in [0.05, 0.1) is 6.61 Å². The van der Waals surface area contributed by atoms with Crippen LogP contribution in [0.4, 0.5) is 0 Å². The summed E-state index contributed by atoms with van der Waals surface area (Å²) >= 11 is 0. The summed E-state index contributed by atoms with van der Waals surface area (Å²) in [6.45, 7) is 3.49. The molecule has 4 aliphatic heterocycles. The molecule has 4 saturated heterocycles. The van der Waals surface area contributed by atoms with Crippen LogP contribution in [-0.4, -0.2) is 67.6 Å². The van der Waals surface area contributed by atoms with Gasteiger partial charge in [-0.3, -0.25) is 0 Å². The topological polar surface area (TPSA) is 72.9 Å². The molecule has 0 radical (unpaired) electrons. The summed E-state index contributed by atoms with van der Waals surface area (Å²) in [5, 5.41) is 9.39. The summed E-state index contributed by atoms with van der Waals surface area (Å²) in [6.07, 6.45) is 4.83. The van der Waals surface area contributed by atoms with Crippen molar-refractivity contribution >= 4 is 10.2 Å². The summed E-state index contributed by atoms with van der Waals surface area (Å²) in [4.78, 5) is 2.34. The van der Waals surface area contributed by atoms with E-state index in [1.54, 1.807) is 0 Å². The SMILES string of the molecule is O=S(=O)(NC1CN2CCC1CC2)N1CCCCC1CO. The highest BCUT2D eigenvalue weighted by Gasteiger charge is 2.39. The quantitative estimate of drug-likeness (QED) is 0.752. The van der Waals surface area contributed by atoms with Gasteiger partial charge in [-0.25, -0.2) is 0 Å². The van der Waals surface area contributed by atoms with E-state index in [0.717, 1.165) is 51.7 Å². The minimum Gasteiger partial charge on any atom is -0.395 e. The average molecular weight is 303 g/mol. The molecule has 4 rings (SSSR count). The first-order valence-corrected chi connectivity index (χ1v) is 9.16. The van der Waals surface area contributed by atoms with E-state index in [2.05, 4.69) is 9.62 Å². The Morgan fingerprint density at radius 1 is 1.10 bits per heavy atom. The fourth-order valence-electron chi connectivity index (χ4n) is 3.83. The van der Waals surface area contributed by atoms with Gasteiger partial charge in [0.25, 0.3) is 10.2 Å². The van der Waals surface area contributed by atoms with Crippen LogP contribution in [0.25, 0.3) is 0 Å². The molecule has 6 nitrogen and oxygen atoms in total. The molecule has 0 spiro atoms. The highest BCUT2D eigenvalue weighted by Crippen LogP contribution is 2.29. The third kappa shape index (κ3) is 2.87. The predicted molar refractivity (Wildman–Crippen MR) is 76.4 cm³/mol. The molecule has 0 aromatic carbocycles. The van der Waals surface area contributed by atoms with Crippen molar-refractivity contribution in [2.24, 2.45) is 5.92 Å². The maximum atomic E-state index is 12.6. The molecule has 0 aromatic rings. The second-order valence-electron chi connectivity index (χ2n) is 6.31. The van der Waals surface area contributed by atoms with Gasteiger partial charge in [0.15, 0.2) is 0 Å².